The quantitative estimate of drug-likeness (QED) is 0.154. The Hall–Kier alpha value is -5.45. The monoisotopic (exact) mass is 812 g/mol. The topological polar surface area (TPSA) is 6.48 Å². The number of para-hydroxylation sites is 4. The summed E-state index contributed by atoms with van der Waals surface area (Å²) in [4.78, 5) is 7.67. The van der Waals surface area contributed by atoms with Gasteiger partial charge in [0.05, 0.1) is 22.7 Å². The lowest BCUT2D eigenvalue weighted by molar-refractivity contribution is 0.631. The molecule has 0 saturated heterocycles. The Balaban J connectivity index is 1.21. The highest BCUT2D eigenvalue weighted by Crippen LogP contribution is 2.54. The van der Waals surface area contributed by atoms with Crippen LogP contribution in [0.3, 0.4) is 0 Å². The van der Waals surface area contributed by atoms with Crippen LogP contribution in [0.4, 0.5) is 34.1 Å². The number of fused-ring (bicyclic) bond motifs is 6. The Morgan fingerprint density at radius 2 is 0.770 bits per heavy atom. The summed E-state index contributed by atoms with van der Waals surface area (Å²) in [7, 11) is 0. The van der Waals surface area contributed by atoms with Gasteiger partial charge in [-0.3, -0.25) is 0 Å². The molecule has 3 heterocycles. The van der Waals surface area contributed by atoms with Gasteiger partial charge in [-0.1, -0.05) is 194 Å². The van der Waals surface area contributed by atoms with Crippen molar-refractivity contribution < 1.29 is 0 Å². The second-order valence-corrected chi connectivity index (χ2v) is 20.6. The number of rotatable bonds is 6. The van der Waals surface area contributed by atoms with Crippen LogP contribution in [-0.4, -0.2) is 6.71 Å². The first-order chi connectivity index (χ1) is 29.3. The maximum atomic E-state index is 2.53. The van der Waals surface area contributed by atoms with E-state index in [2.05, 4.69) is 225 Å². The Bertz CT molecular complexity index is 2580. The normalized spacial score (nSPS) is 15.6. The van der Waals surface area contributed by atoms with E-state index < -0.39 is 0 Å². The summed E-state index contributed by atoms with van der Waals surface area (Å²) in [6.45, 7) is 23.8. The molecule has 4 heteroatoms. The van der Waals surface area contributed by atoms with E-state index in [4.69, 9.17) is 0 Å². The van der Waals surface area contributed by atoms with Gasteiger partial charge in [0.15, 0.2) is 0 Å². The molecule has 0 fully saturated rings. The fraction of sp³-hybridized carbons (Fsp3) is 0.263. The molecule has 3 aliphatic rings. The highest BCUT2D eigenvalue weighted by molar-refractivity contribution is 8.00. The summed E-state index contributed by atoms with van der Waals surface area (Å²) >= 11 is 1.95. The van der Waals surface area contributed by atoms with E-state index in [0.717, 1.165) is 0 Å². The van der Waals surface area contributed by atoms with Crippen molar-refractivity contribution in [3.05, 3.63) is 185 Å². The fourth-order valence-electron chi connectivity index (χ4n) is 10.8. The van der Waals surface area contributed by atoms with Gasteiger partial charge >= 0.3 is 0 Å². The van der Waals surface area contributed by atoms with Crippen LogP contribution in [0.1, 0.15) is 126 Å². The molecule has 0 saturated carbocycles. The zero-order chi connectivity index (χ0) is 42.5. The van der Waals surface area contributed by atoms with Gasteiger partial charge in [-0.05, 0) is 105 Å². The Morgan fingerprint density at radius 1 is 0.426 bits per heavy atom. The van der Waals surface area contributed by atoms with Crippen LogP contribution in [0.15, 0.2) is 155 Å². The molecule has 2 nitrogen and oxygen atoms in total. The minimum Gasteiger partial charge on any atom is -0.310 e. The maximum absolute atomic E-state index is 2.53. The molecule has 10 rings (SSSR count). The first kappa shape index (κ1) is 39.7. The van der Waals surface area contributed by atoms with Crippen LogP contribution in [-0.2, 0) is 10.8 Å². The molecule has 304 valence electrons. The molecule has 0 amide bonds. The van der Waals surface area contributed by atoms with Gasteiger partial charge in [-0.25, -0.2) is 0 Å². The summed E-state index contributed by atoms with van der Waals surface area (Å²) in [5.41, 5.74) is 21.2. The molecule has 7 aromatic rings. The van der Waals surface area contributed by atoms with Gasteiger partial charge in [0.25, 0.3) is 0 Å². The maximum Gasteiger partial charge on any atom is 0.244 e. The third-order valence-corrected chi connectivity index (χ3v) is 15.2. The Morgan fingerprint density at radius 3 is 1.10 bits per heavy atom. The highest BCUT2D eigenvalue weighted by atomic mass is 32.2. The molecule has 0 aromatic heterocycles. The predicted octanol–water partition coefficient (Wildman–Crippen LogP) is 14.3. The van der Waals surface area contributed by atoms with E-state index in [1.807, 2.05) is 11.8 Å². The number of benzene rings is 7. The van der Waals surface area contributed by atoms with Gasteiger partial charge in [0, 0.05) is 32.0 Å². The van der Waals surface area contributed by atoms with Crippen molar-refractivity contribution in [3.8, 4) is 0 Å². The van der Waals surface area contributed by atoms with Crippen molar-refractivity contribution in [2.45, 2.75) is 108 Å². The van der Waals surface area contributed by atoms with Gasteiger partial charge in [-0.15, -0.1) is 0 Å². The van der Waals surface area contributed by atoms with Crippen LogP contribution in [0.2, 0.25) is 0 Å². The van der Waals surface area contributed by atoms with E-state index in [9.17, 15) is 0 Å². The van der Waals surface area contributed by atoms with E-state index in [0.29, 0.717) is 17.8 Å². The molecule has 0 spiro atoms. The molecule has 0 radical (unpaired) electrons. The first-order valence-corrected chi connectivity index (χ1v) is 23.2. The lowest BCUT2D eigenvalue weighted by atomic mass is 9.34. The smallest absolute Gasteiger partial charge is 0.244 e. The molecule has 0 N–H and O–H groups in total. The minimum atomic E-state index is -0.114. The van der Waals surface area contributed by atoms with Crippen LogP contribution in [0, 0.1) is 0 Å². The van der Waals surface area contributed by atoms with Crippen molar-refractivity contribution in [1.82, 2.24) is 0 Å². The Kier molecular flexibility index (Phi) is 9.49. The van der Waals surface area contributed by atoms with E-state index in [1.54, 1.807) is 0 Å². The van der Waals surface area contributed by atoms with E-state index >= 15 is 0 Å². The third-order valence-electron chi connectivity index (χ3n) is 14.1. The predicted molar refractivity (Wildman–Crippen MR) is 264 cm³/mol. The molecule has 0 unspecified atom stereocenters. The first-order valence-electron chi connectivity index (χ1n) is 22.4. The molecular formula is C57H57BN2S. The summed E-state index contributed by atoms with van der Waals surface area (Å²) in [6, 6.07) is 55.8. The van der Waals surface area contributed by atoms with Crippen molar-refractivity contribution in [2.24, 2.45) is 0 Å². The van der Waals surface area contributed by atoms with Crippen molar-refractivity contribution >= 4 is 69.0 Å². The zero-order valence-electron chi connectivity index (χ0n) is 37.5. The lowest BCUT2D eigenvalue weighted by Crippen LogP contribution is -2.57. The lowest BCUT2D eigenvalue weighted by Gasteiger charge is -2.42. The average Bonchev–Trinajstić information content (AvgIpc) is 3.25. The molecule has 7 aromatic carbocycles. The highest BCUT2D eigenvalue weighted by Gasteiger charge is 2.41. The average molecular weight is 813 g/mol. The van der Waals surface area contributed by atoms with E-state index in [-0.39, 0.29) is 17.5 Å². The van der Waals surface area contributed by atoms with Crippen LogP contribution in [0.25, 0.3) is 0 Å². The molecule has 3 aliphatic heterocycles. The van der Waals surface area contributed by atoms with Crippen LogP contribution >= 0.6 is 11.8 Å². The van der Waals surface area contributed by atoms with Crippen LogP contribution in [0.5, 0.6) is 0 Å². The van der Waals surface area contributed by atoms with E-state index in [1.165, 1.54) is 99.2 Å². The van der Waals surface area contributed by atoms with Crippen molar-refractivity contribution in [3.63, 3.8) is 0 Å². The number of anilines is 6. The summed E-state index contributed by atoms with van der Waals surface area (Å²) in [6.07, 6.45) is 0. The van der Waals surface area contributed by atoms with Crippen molar-refractivity contribution in [1.29, 1.82) is 0 Å². The van der Waals surface area contributed by atoms with Crippen LogP contribution < -0.4 is 26.2 Å². The second kappa shape index (κ2) is 14.6. The number of hydrogen-bond acceptors (Lipinski definition) is 3. The fourth-order valence-corrected chi connectivity index (χ4v) is 12.0. The third kappa shape index (κ3) is 6.15. The van der Waals surface area contributed by atoms with Gasteiger partial charge < -0.3 is 9.80 Å². The number of nitrogens with zero attached hydrogens (tertiary/aromatic N) is 2. The largest absolute Gasteiger partial charge is 0.310 e. The summed E-state index contributed by atoms with van der Waals surface area (Å²) in [5.74, 6) is 1.21. The van der Waals surface area contributed by atoms with Crippen molar-refractivity contribution in [2.75, 3.05) is 9.80 Å². The molecular weight excluding hydrogens is 756 g/mol. The van der Waals surface area contributed by atoms with Gasteiger partial charge in [0.2, 0.25) is 6.71 Å². The molecule has 0 aliphatic carbocycles. The summed E-state index contributed by atoms with van der Waals surface area (Å²) in [5, 5.41) is 0. The standard InChI is InChI=1S/C57H57BN2S/c1-35(2)38-31-41(36(3)4)55(42(32-38)37(5)6)58-47-29-27-39(59-49-23-15-11-19-43(49)56(7,8)44-20-12-16-24-50(44)59)33-53(47)61-54-34-40(28-30-48(54)58)60-51-25-17-13-21-45(51)57(9,10)46-22-14-18-26-52(46)60/h11-37H,1-10H3. The molecule has 0 bridgehead atoms. The molecule has 0 atom stereocenters. The number of hydrogen-bond donors (Lipinski definition) is 0. The Labute approximate surface area is 369 Å². The molecule has 61 heavy (non-hydrogen) atoms. The zero-order valence-corrected chi connectivity index (χ0v) is 38.3. The minimum absolute atomic E-state index is 0.0880. The van der Waals surface area contributed by atoms with Gasteiger partial charge in [-0.2, -0.15) is 0 Å². The SMILES string of the molecule is CC(C)c1cc(C(C)C)c(B2c3ccc(N4c5ccccc5C(C)(C)c5ccccc54)cc3Sc3cc(N4c5ccccc5C(C)(C)c5ccccc54)ccc32)c(C(C)C)c1. The van der Waals surface area contributed by atoms with Gasteiger partial charge in [0.1, 0.15) is 0 Å². The second-order valence-electron chi connectivity index (χ2n) is 19.5. The summed E-state index contributed by atoms with van der Waals surface area (Å²) < 4.78 is 0.